The summed E-state index contributed by atoms with van der Waals surface area (Å²) in [7, 11) is 2.18. The van der Waals surface area contributed by atoms with Crippen molar-refractivity contribution in [1.82, 2.24) is 9.55 Å². The minimum Gasteiger partial charge on any atom is -0.296 e. The van der Waals surface area contributed by atoms with E-state index in [9.17, 15) is 0 Å². The molecule has 6 rings (SSSR count). The Hall–Kier alpha value is -3.46. The molecule has 140 valence electrons. The highest BCUT2D eigenvalue weighted by Gasteiger charge is 2.30. The lowest BCUT2D eigenvalue weighted by atomic mass is 9.92. The zero-order valence-corrected chi connectivity index (χ0v) is 16.9. The van der Waals surface area contributed by atoms with Crippen molar-refractivity contribution < 1.29 is 4.57 Å². The second-order valence-electron chi connectivity index (χ2n) is 8.06. The molecule has 0 unspecified atom stereocenters. The summed E-state index contributed by atoms with van der Waals surface area (Å²) in [6, 6.07) is 23.9. The second kappa shape index (κ2) is 5.77. The van der Waals surface area contributed by atoms with Crippen molar-refractivity contribution in [3.63, 3.8) is 0 Å². The zero-order chi connectivity index (χ0) is 19.7. The first-order valence-electron chi connectivity index (χ1n) is 10.1. The fourth-order valence-electron chi connectivity index (χ4n) is 4.89. The molecule has 1 aliphatic heterocycles. The Labute approximate surface area is 169 Å². The van der Waals surface area contributed by atoms with Gasteiger partial charge >= 0.3 is 0 Å². The van der Waals surface area contributed by atoms with Crippen molar-refractivity contribution in [1.29, 1.82) is 0 Å². The van der Waals surface area contributed by atoms with E-state index in [0.717, 1.165) is 17.8 Å². The number of rotatable bonds is 1. The van der Waals surface area contributed by atoms with E-state index >= 15 is 0 Å². The molecule has 2 aromatic heterocycles. The van der Waals surface area contributed by atoms with Gasteiger partial charge in [-0.05, 0) is 60.9 Å². The molecule has 29 heavy (non-hydrogen) atoms. The predicted molar refractivity (Wildman–Crippen MR) is 117 cm³/mol. The molecule has 1 aliphatic rings. The molecule has 0 saturated heterocycles. The summed E-state index contributed by atoms with van der Waals surface area (Å²) in [5.41, 5.74) is 11.5. The van der Waals surface area contributed by atoms with Crippen molar-refractivity contribution in [2.24, 2.45) is 7.05 Å². The molecule has 0 aliphatic carbocycles. The molecule has 3 nitrogen and oxygen atoms in total. The van der Waals surface area contributed by atoms with Crippen LogP contribution in [0.3, 0.4) is 0 Å². The third-order valence-corrected chi connectivity index (χ3v) is 6.47. The summed E-state index contributed by atoms with van der Waals surface area (Å²) in [6.45, 7) is 4.47. The summed E-state index contributed by atoms with van der Waals surface area (Å²) in [5, 5.41) is 1.26. The Bertz CT molecular complexity index is 1460. The van der Waals surface area contributed by atoms with Gasteiger partial charge in [-0.1, -0.05) is 24.3 Å². The van der Waals surface area contributed by atoms with Crippen LogP contribution in [0.2, 0.25) is 0 Å². The van der Waals surface area contributed by atoms with Crippen molar-refractivity contribution in [2.45, 2.75) is 20.3 Å². The van der Waals surface area contributed by atoms with Crippen LogP contribution in [0.1, 0.15) is 22.5 Å². The van der Waals surface area contributed by atoms with E-state index in [0.29, 0.717) is 0 Å². The molecule has 0 amide bonds. The molecule has 0 radical (unpaired) electrons. The third kappa shape index (κ3) is 2.18. The predicted octanol–water partition coefficient (Wildman–Crippen LogP) is 5.19. The minimum atomic E-state index is 0.868. The van der Waals surface area contributed by atoms with Gasteiger partial charge in [0.1, 0.15) is 12.9 Å². The number of pyridine rings is 1. The van der Waals surface area contributed by atoms with E-state index in [-0.39, 0.29) is 0 Å². The van der Waals surface area contributed by atoms with E-state index in [2.05, 4.69) is 96.8 Å². The Kier molecular flexibility index (Phi) is 3.28. The Morgan fingerprint density at radius 3 is 2.62 bits per heavy atom. The average molecular weight is 376 g/mol. The number of fused-ring (bicyclic) bond motifs is 6. The number of hydrogen-bond donors (Lipinski definition) is 0. The quantitative estimate of drug-likeness (QED) is 0.362. The zero-order valence-electron chi connectivity index (χ0n) is 16.9. The molecule has 0 saturated carbocycles. The minimum absolute atomic E-state index is 0.868. The number of hydrogen-bond acceptors (Lipinski definition) is 1. The summed E-state index contributed by atoms with van der Waals surface area (Å²) in [4.78, 5) is 4.93. The van der Waals surface area contributed by atoms with Crippen LogP contribution < -0.4 is 4.57 Å². The third-order valence-electron chi connectivity index (χ3n) is 6.47. The maximum Gasteiger partial charge on any atom is 0.213 e. The van der Waals surface area contributed by atoms with Crippen LogP contribution in [0, 0.1) is 13.8 Å². The van der Waals surface area contributed by atoms with Crippen LogP contribution in [0.5, 0.6) is 0 Å². The van der Waals surface area contributed by atoms with Gasteiger partial charge in [0.2, 0.25) is 11.2 Å². The lowest BCUT2D eigenvalue weighted by molar-refractivity contribution is -0.633. The van der Waals surface area contributed by atoms with E-state index < -0.39 is 0 Å². The molecule has 3 heterocycles. The molecular formula is C26H22N3+. The molecule has 0 spiro atoms. The number of benzene rings is 3. The standard InChI is InChI=1S/C26H22N3/c1-16-14-24-19(15-25-27-20-9-5-7-11-22(20)29(24)25)26(17(16)2)23-13-12-18-8-4-6-10-21(18)28(23)3/h4-14H,15H2,1-3H3/q+1. The molecule has 3 heteroatoms. The van der Waals surface area contributed by atoms with Gasteiger partial charge in [0.05, 0.1) is 22.3 Å². The van der Waals surface area contributed by atoms with E-state index in [1.54, 1.807) is 0 Å². The molecular weight excluding hydrogens is 354 g/mol. The maximum atomic E-state index is 4.93. The van der Waals surface area contributed by atoms with Gasteiger partial charge in [0, 0.05) is 23.9 Å². The molecule has 5 aromatic rings. The van der Waals surface area contributed by atoms with Crippen LogP contribution in [0.25, 0.3) is 38.9 Å². The lowest BCUT2D eigenvalue weighted by Gasteiger charge is -2.15. The summed E-state index contributed by atoms with van der Waals surface area (Å²) in [6.07, 6.45) is 0.868. The summed E-state index contributed by atoms with van der Waals surface area (Å²) in [5.74, 6) is 1.14. The van der Waals surface area contributed by atoms with Gasteiger partial charge < -0.3 is 0 Å². The van der Waals surface area contributed by atoms with Gasteiger partial charge in [-0.2, -0.15) is 4.57 Å². The van der Waals surface area contributed by atoms with Crippen LogP contribution in [0.15, 0.2) is 66.7 Å². The van der Waals surface area contributed by atoms with Gasteiger partial charge in [0.15, 0.2) is 0 Å². The van der Waals surface area contributed by atoms with Crippen LogP contribution in [-0.2, 0) is 13.5 Å². The first-order chi connectivity index (χ1) is 14.1. The number of aromatic nitrogens is 3. The number of aryl methyl sites for hydroxylation is 2. The van der Waals surface area contributed by atoms with Crippen molar-refractivity contribution in [3.8, 4) is 16.9 Å². The lowest BCUT2D eigenvalue weighted by Crippen LogP contribution is -2.32. The Morgan fingerprint density at radius 1 is 0.931 bits per heavy atom. The average Bonchev–Trinajstić information content (AvgIpc) is 3.26. The van der Waals surface area contributed by atoms with Crippen molar-refractivity contribution >= 4 is 21.9 Å². The summed E-state index contributed by atoms with van der Waals surface area (Å²) < 4.78 is 4.68. The van der Waals surface area contributed by atoms with Crippen LogP contribution in [0.4, 0.5) is 0 Å². The topological polar surface area (TPSA) is 21.7 Å². The molecule has 3 aromatic carbocycles. The second-order valence-corrected chi connectivity index (χ2v) is 8.06. The summed E-state index contributed by atoms with van der Waals surface area (Å²) >= 11 is 0. The van der Waals surface area contributed by atoms with E-state index in [1.165, 1.54) is 50.1 Å². The van der Waals surface area contributed by atoms with Crippen LogP contribution >= 0.6 is 0 Å². The Morgan fingerprint density at radius 2 is 1.72 bits per heavy atom. The maximum absolute atomic E-state index is 4.93. The molecule has 0 bridgehead atoms. The molecule has 0 atom stereocenters. The first-order valence-corrected chi connectivity index (χ1v) is 10.1. The van der Waals surface area contributed by atoms with E-state index in [1.807, 2.05) is 0 Å². The van der Waals surface area contributed by atoms with Crippen molar-refractivity contribution in [2.75, 3.05) is 0 Å². The normalized spacial score (nSPS) is 12.5. The van der Waals surface area contributed by atoms with Crippen LogP contribution in [-0.4, -0.2) is 9.55 Å². The van der Waals surface area contributed by atoms with Gasteiger partial charge in [-0.25, -0.2) is 4.98 Å². The van der Waals surface area contributed by atoms with Gasteiger partial charge in [0.25, 0.3) is 0 Å². The number of nitrogens with zero attached hydrogens (tertiary/aromatic N) is 3. The molecule has 0 N–H and O–H groups in total. The SMILES string of the molecule is Cc1cc2c(c(-c3ccc4ccccc4[n+]3C)c1C)Cc1nc3ccccc3n1-2. The smallest absolute Gasteiger partial charge is 0.213 e. The highest BCUT2D eigenvalue weighted by atomic mass is 15.1. The monoisotopic (exact) mass is 376 g/mol. The largest absolute Gasteiger partial charge is 0.296 e. The van der Waals surface area contributed by atoms with Crippen molar-refractivity contribution in [3.05, 3.63) is 89.2 Å². The first kappa shape index (κ1) is 16.5. The van der Waals surface area contributed by atoms with Gasteiger partial charge in [-0.15, -0.1) is 0 Å². The number of imidazole rings is 1. The molecule has 0 fully saturated rings. The highest BCUT2D eigenvalue weighted by Crippen LogP contribution is 2.40. The fraction of sp³-hybridized carbons (Fsp3) is 0.154. The van der Waals surface area contributed by atoms with E-state index in [4.69, 9.17) is 4.98 Å². The number of para-hydroxylation sites is 3. The highest BCUT2D eigenvalue weighted by molar-refractivity contribution is 5.84. The van der Waals surface area contributed by atoms with Gasteiger partial charge in [-0.3, -0.25) is 4.57 Å². The fourth-order valence-corrected chi connectivity index (χ4v) is 4.89. The Balaban J connectivity index is 1.68.